The number of ketones is 1. The maximum atomic E-state index is 12.3. The monoisotopic (exact) mass is 300 g/mol. The summed E-state index contributed by atoms with van der Waals surface area (Å²) in [4.78, 5) is 12.3. The van der Waals surface area contributed by atoms with Crippen LogP contribution in [-0.4, -0.2) is 5.78 Å². The highest BCUT2D eigenvalue weighted by atomic mass is 16.1. The Balaban J connectivity index is 1.98. The maximum Gasteiger partial charge on any atom is 0.133 e. The highest BCUT2D eigenvalue weighted by molar-refractivity contribution is 5.79. The number of Topliss-reactive ketones (excluding diaryl/α,β-unsaturated/α-hetero) is 1. The fourth-order valence-corrected chi connectivity index (χ4v) is 3.64. The molecule has 1 atom stereocenters. The SMILES string of the molecule is Cc1cccc(C2CCCCCCCCCCCC(=O)C2)c1. The second-order valence-electron chi connectivity index (χ2n) is 7.07. The molecular formula is C21H32O. The van der Waals surface area contributed by atoms with Gasteiger partial charge in [0.2, 0.25) is 0 Å². The average molecular weight is 300 g/mol. The first-order chi connectivity index (χ1) is 10.8. The second-order valence-corrected chi connectivity index (χ2v) is 7.07. The van der Waals surface area contributed by atoms with E-state index in [2.05, 4.69) is 31.2 Å². The molecule has 1 aromatic rings. The highest BCUT2D eigenvalue weighted by Gasteiger charge is 2.16. The zero-order chi connectivity index (χ0) is 15.6. The quantitative estimate of drug-likeness (QED) is 0.591. The van der Waals surface area contributed by atoms with Gasteiger partial charge in [0.1, 0.15) is 5.78 Å². The van der Waals surface area contributed by atoms with E-state index in [0.29, 0.717) is 11.7 Å². The third kappa shape index (κ3) is 6.34. The van der Waals surface area contributed by atoms with Gasteiger partial charge in [0, 0.05) is 12.8 Å². The molecule has 2 rings (SSSR count). The minimum atomic E-state index is 0.440. The molecule has 22 heavy (non-hydrogen) atoms. The molecule has 1 heteroatoms. The lowest BCUT2D eigenvalue weighted by molar-refractivity contribution is -0.119. The lowest BCUT2D eigenvalue weighted by atomic mass is 9.86. The first-order valence-corrected chi connectivity index (χ1v) is 9.34. The molecule has 0 radical (unpaired) electrons. The van der Waals surface area contributed by atoms with Crippen molar-refractivity contribution in [3.05, 3.63) is 35.4 Å². The average Bonchev–Trinajstić information content (AvgIpc) is 2.51. The van der Waals surface area contributed by atoms with Gasteiger partial charge in [-0.2, -0.15) is 0 Å². The summed E-state index contributed by atoms with van der Waals surface area (Å²) < 4.78 is 0. The van der Waals surface area contributed by atoms with Crippen LogP contribution < -0.4 is 0 Å². The fourth-order valence-electron chi connectivity index (χ4n) is 3.64. The van der Waals surface area contributed by atoms with Gasteiger partial charge in [-0.05, 0) is 31.2 Å². The molecule has 1 aliphatic carbocycles. The Morgan fingerprint density at radius 2 is 1.50 bits per heavy atom. The fraction of sp³-hybridized carbons (Fsp3) is 0.667. The van der Waals surface area contributed by atoms with Crippen LogP contribution in [0.1, 0.15) is 94.1 Å². The van der Waals surface area contributed by atoms with Crippen molar-refractivity contribution in [2.75, 3.05) is 0 Å². The van der Waals surface area contributed by atoms with Gasteiger partial charge in [-0.15, -0.1) is 0 Å². The lowest BCUT2D eigenvalue weighted by Gasteiger charge is -2.18. The number of benzene rings is 1. The minimum absolute atomic E-state index is 0.440. The van der Waals surface area contributed by atoms with E-state index in [-0.39, 0.29) is 0 Å². The molecule has 0 N–H and O–H groups in total. The molecule has 1 aliphatic rings. The molecule has 0 aliphatic heterocycles. The van der Waals surface area contributed by atoms with Crippen molar-refractivity contribution in [2.45, 2.75) is 89.9 Å². The Kier molecular flexibility index (Phi) is 7.70. The van der Waals surface area contributed by atoms with Crippen LogP contribution in [0.4, 0.5) is 0 Å². The third-order valence-corrected chi connectivity index (χ3v) is 5.00. The van der Waals surface area contributed by atoms with Crippen LogP contribution >= 0.6 is 0 Å². The molecule has 0 amide bonds. The smallest absolute Gasteiger partial charge is 0.133 e. The van der Waals surface area contributed by atoms with Gasteiger partial charge in [-0.1, -0.05) is 81.2 Å². The summed E-state index contributed by atoms with van der Waals surface area (Å²) in [6, 6.07) is 8.78. The first-order valence-electron chi connectivity index (χ1n) is 9.34. The number of rotatable bonds is 1. The van der Waals surface area contributed by atoms with Gasteiger partial charge in [0.25, 0.3) is 0 Å². The minimum Gasteiger partial charge on any atom is -0.300 e. The molecular weight excluding hydrogens is 268 g/mol. The molecule has 0 bridgehead atoms. The highest BCUT2D eigenvalue weighted by Crippen LogP contribution is 2.28. The van der Waals surface area contributed by atoms with Gasteiger partial charge >= 0.3 is 0 Å². The van der Waals surface area contributed by atoms with Gasteiger partial charge in [0.05, 0.1) is 0 Å². The zero-order valence-corrected chi connectivity index (χ0v) is 14.3. The number of carbonyl (C=O) groups excluding carboxylic acids is 1. The number of hydrogen-bond donors (Lipinski definition) is 0. The molecule has 0 spiro atoms. The summed E-state index contributed by atoms with van der Waals surface area (Å²) in [7, 11) is 0. The molecule has 1 unspecified atom stereocenters. The topological polar surface area (TPSA) is 17.1 Å². The van der Waals surface area contributed by atoms with Crippen LogP contribution in [0.15, 0.2) is 24.3 Å². The van der Waals surface area contributed by atoms with Crippen molar-refractivity contribution >= 4 is 5.78 Å². The van der Waals surface area contributed by atoms with Crippen molar-refractivity contribution in [3.8, 4) is 0 Å². The van der Waals surface area contributed by atoms with Crippen molar-refractivity contribution < 1.29 is 4.79 Å². The van der Waals surface area contributed by atoms with Gasteiger partial charge in [0.15, 0.2) is 0 Å². The molecule has 1 fully saturated rings. The van der Waals surface area contributed by atoms with E-state index in [9.17, 15) is 4.79 Å². The molecule has 1 nitrogen and oxygen atoms in total. The normalized spacial score (nSPS) is 23.0. The summed E-state index contributed by atoms with van der Waals surface area (Å²) >= 11 is 0. The van der Waals surface area contributed by atoms with Crippen LogP contribution in [0, 0.1) is 6.92 Å². The first kappa shape index (κ1) is 17.2. The van der Waals surface area contributed by atoms with Crippen LogP contribution in [0.2, 0.25) is 0 Å². The number of carbonyl (C=O) groups is 1. The summed E-state index contributed by atoms with van der Waals surface area (Å²) in [6.07, 6.45) is 14.5. The Hall–Kier alpha value is -1.11. The maximum absolute atomic E-state index is 12.3. The summed E-state index contributed by atoms with van der Waals surface area (Å²) in [6.45, 7) is 2.15. The van der Waals surface area contributed by atoms with Crippen molar-refractivity contribution in [1.82, 2.24) is 0 Å². The molecule has 0 aromatic heterocycles. The van der Waals surface area contributed by atoms with E-state index in [0.717, 1.165) is 19.3 Å². The van der Waals surface area contributed by atoms with Crippen molar-refractivity contribution in [1.29, 1.82) is 0 Å². The van der Waals surface area contributed by atoms with E-state index in [1.165, 1.54) is 68.9 Å². The zero-order valence-electron chi connectivity index (χ0n) is 14.3. The predicted octanol–water partition coefficient (Wildman–Crippen LogP) is 6.34. The number of aryl methyl sites for hydroxylation is 1. The predicted molar refractivity (Wildman–Crippen MR) is 94.3 cm³/mol. The van der Waals surface area contributed by atoms with E-state index in [4.69, 9.17) is 0 Å². The van der Waals surface area contributed by atoms with E-state index >= 15 is 0 Å². The number of hydrogen-bond acceptors (Lipinski definition) is 1. The Morgan fingerprint density at radius 3 is 2.18 bits per heavy atom. The van der Waals surface area contributed by atoms with Gasteiger partial charge in [-0.25, -0.2) is 0 Å². The van der Waals surface area contributed by atoms with Crippen molar-refractivity contribution in [3.63, 3.8) is 0 Å². The lowest BCUT2D eigenvalue weighted by Crippen LogP contribution is -2.08. The Labute approximate surface area is 136 Å². The van der Waals surface area contributed by atoms with Gasteiger partial charge in [-0.3, -0.25) is 4.79 Å². The standard InChI is InChI=1S/C21H32O/c1-18-12-11-14-19(16-18)20-13-9-7-5-3-2-4-6-8-10-15-21(22)17-20/h11-12,14,16,20H,2-10,13,15,17H2,1H3. The molecule has 1 aromatic carbocycles. The molecule has 0 heterocycles. The second kappa shape index (κ2) is 9.82. The summed E-state index contributed by atoms with van der Waals surface area (Å²) in [5.74, 6) is 0.916. The Bertz CT molecular complexity index is 449. The molecule has 0 saturated heterocycles. The van der Waals surface area contributed by atoms with Crippen LogP contribution in [-0.2, 0) is 4.79 Å². The van der Waals surface area contributed by atoms with E-state index in [1.54, 1.807) is 0 Å². The van der Waals surface area contributed by atoms with E-state index in [1.807, 2.05) is 0 Å². The van der Waals surface area contributed by atoms with Gasteiger partial charge < -0.3 is 0 Å². The molecule has 1 saturated carbocycles. The summed E-state index contributed by atoms with van der Waals surface area (Å²) in [5.41, 5.74) is 2.68. The van der Waals surface area contributed by atoms with Crippen molar-refractivity contribution in [2.24, 2.45) is 0 Å². The molecule has 122 valence electrons. The van der Waals surface area contributed by atoms with Crippen LogP contribution in [0.25, 0.3) is 0 Å². The Morgan fingerprint density at radius 1 is 0.864 bits per heavy atom. The third-order valence-electron chi connectivity index (χ3n) is 5.00. The largest absolute Gasteiger partial charge is 0.300 e. The van der Waals surface area contributed by atoms with Crippen LogP contribution in [0.3, 0.4) is 0 Å². The van der Waals surface area contributed by atoms with E-state index < -0.39 is 0 Å². The summed E-state index contributed by atoms with van der Waals surface area (Å²) in [5, 5.41) is 0. The van der Waals surface area contributed by atoms with Crippen LogP contribution in [0.5, 0.6) is 0 Å².